The summed E-state index contributed by atoms with van der Waals surface area (Å²) in [5, 5.41) is 3.44. The van der Waals surface area contributed by atoms with E-state index in [0.717, 1.165) is 19.4 Å². The Kier molecular flexibility index (Phi) is 4.37. The fraction of sp³-hybridized carbons (Fsp3) is 0.533. The molecule has 3 nitrogen and oxygen atoms in total. The zero-order chi connectivity index (χ0) is 13.0. The number of aryl methyl sites for hydroxylation is 1. The van der Waals surface area contributed by atoms with Gasteiger partial charge in [-0.25, -0.2) is 0 Å². The fourth-order valence-corrected chi connectivity index (χ4v) is 2.52. The van der Waals surface area contributed by atoms with Gasteiger partial charge in [0.15, 0.2) is 0 Å². The summed E-state index contributed by atoms with van der Waals surface area (Å²) in [6.45, 7) is 5.35. The van der Waals surface area contributed by atoms with Gasteiger partial charge in [-0.1, -0.05) is 29.8 Å². The van der Waals surface area contributed by atoms with Crippen LogP contribution in [0.25, 0.3) is 0 Å². The van der Waals surface area contributed by atoms with Gasteiger partial charge in [0.1, 0.15) is 0 Å². The molecule has 0 spiro atoms. The van der Waals surface area contributed by atoms with E-state index in [2.05, 4.69) is 36.5 Å². The highest BCUT2D eigenvalue weighted by molar-refractivity contribution is 5.73. The number of esters is 1. The first-order valence-electron chi connectivity index (χ1n) is 6.69. The number of ether oxygens (including phenoxy) is 1. The average Bonchev–Trinajstić information content (AvgIpc) is 2.40. The van der Waals surface area contributed by atoms with Crippen LogP contribution in [0.5, 0.6) is 0 Å². The van der Waals surface area contributed by atoms with E-state index in [4.69, 9.17) is 4.74 Å². The predicted molar refractivity (Wildman–Crippen MR) is 71.3 cm³/mol. The van der Waals surface area contributed by atoms with Crippen LogP contribution in [0.4, 0.5) is 0 Å². The molecule has 1 fully saturated rings. The van der Waals surface area contributed by atoms with Crippen molar-refractivity contribution >= 4 is 5.97 Å². The number of carbonyl (C=O) groups excluding carboxylic acids is 1. The maximum atomic E-state index is 12.0. The molecule has 18 heavy (non-hydrogen) atoms. The minimum Gasteiger partial charge on any atom is -0.466 e. The highest BCUT2D eigenvalue weighted by Gasteiger charge is 2.32. The van der Waals surface area contributed by atoms with Crippen LogP contribution in [-0.4, -0.2) is 19.1 Å². The van der Waals surface area contributed by atoms with E-state index >= 15 is 0 Å². The summed E-state index contributed by atoms with van der Waals surface area (Å²) in [5.74, 6) is -0.128. The summed E-state index contributed by atoms with van der Waals surface area (Å²) >= 11 is 0. The number of benzene rings is 1. The summed E-state index contributed by atoms with van der Waals surface area (Å²) in [4.78, 5) is 12.0. The largest absolute Gasteiger partial charge is 0.466 e. The van der Waals surface area contributed by atoms with E-state index in [-0.39, 0.29) is 17.9 Å². The van der Waals surface area contributed by atoms with Crippen molar-refractivity contribution in [3.63, 3.8) is 0 Å². The first kappa shape index (κ1) is 13.1. The SMILES string of the molecule is CCOC(=O)[C@H]1CCCN[C@H]1c1ccc(C)cc1. The molecule has 0 aromatic heterocycles. The lowest BCUT2D eigenvalue weighted by Crippen LogP contribution is -2.39. The Hall–Kier alpha value is -1.35. The number of nitrogens with one attached hydrogen (secondary N) is 1. The predicted octanol–water partition coefficient (Wildman–Crippen LogP) is 2.60. The number of hydrogen-bond donors (Lipinski definition) is 1. The molecule has 1 aromatic rings. The third kappa shape index (κ3) is 2.91. The van der Waals surface area contributed by atoms with Gasteiger partial charge in [-0.15, -0.1) is 0 Å². The number of piperidine rings is 1. The number of hydrogen-bond acceptors (Lipinski definition) is 3. The van der Waals surface area contributed by atoms with E-state index in [1.165, 1.54) is 11.1 Å². The van der Waals surface area contributed by atoms with Crippen molar-refractivity contribution in [3.8, 4) is 0 Å². The number of rotatable bonds is 3. The Morgan fingerprint density at radius 2 is 2.11 bits per heavy atom. The molecule has 3 heteroatoms. The van der Waals surface area contributed by atoms with E-state index in [0.29, 0.717) is 6.61 Å². The molecule has 0 amide bonds. The first-order valence-corrected chi connectivity index (χ1v) is 6.69. The second-order valence-corrected chi connectivity index (χ2v) is 4.84. The average molecular weight is 247 g/mol. The molecule has 0 unspecified atom stereocenters. The summed E-state index contributed by atoms with van der Waals surface area (Å²) in [6, 6.07) is 8.48. The first-order chi connectivity index (χ1) is 8.72. The van der Waals surface area contributed by atoms with Crippen molar-refractivity contribution in [2.75, 3.05) is 13.2 Å². The zero-order valence-corrected chi connectivity index (χ0v) is 11.1. The molecule has 0 aliphatic carbocycles. The monoisotopic (exact) mass is 247 g/mol. The van der Waals surface area contributed by atoms with Gasteiger partial charge in [0, 0.05) is 6.04 Å². The van der Waals surface area contributed by atoms with Gasteiger partial charge in [-0.05, 0) is 38.8 Å². The lowest BCUT2D eigenvalue weighted by molar-refractivity contribution is -0.150. The molecule has 2 rings (SSSR count). The minimum atomic E-state index is -0.0738. The minimum absolute atomic E-state index is 0.0543. The van der Waals surface area contributed by atoms with Crippen LogP contribution in [-0.2, 0) is 9.53 Å². The molecule has 1 aliphatic heterocycles. The zero-order valence-electron chi connectivity index (χ0n) is 11.1. The molecule has 2 atom stereocenters. The van der Waals surface area contributed by atoms with Crippen LogP contribution in [0.2, 0.25) is 0 Å². The normalized spacial score (nSPS) is 23.7. The third-order valence-corrected chi connectivity index (χ3v) is 3.48. The van der Waals surface area contributed by atoms with Gasteiger partial charge in [0.25, 0.3) is 0 Å². The van der Waals surface area contributed by atoms with Crippen LogP contribution in [0.1, 0.15) is 36.9 Å². The van der Waals surface area contributed by atoms with Crippen molar-refractivity contribution in [2.45, 2.75) is 32.7 Å². The molecule has 0 saturated carbocycles. The van der Waals surface area contributed by atoms with Gasteiger partial charge >= 0.3 is 5.97 Å². The lowest BCUT2D eigenvalue weighted by atomic mass is 9.86. The van der Waals surface area contributed by atoms with Gasteiger partial charge in [0.05, 0.1) is 12.5 Å². The summed E-state index contributed by atoms with van der Waals surface area (Å²) in [7, 11) is 0. The van der Waals surface area contributed by atoms with Gasteiger partial charge in [-0.2, -0.15) is 0 Å². The van der Waals surface area contributed by atoms with Crippen molar-refractivity contribution in [3.05, 3.63) is 35.4 Å². The Bertz CT molecular complexity index is 399. The molecule has 1 saturated heterocycles. The second kappa shape index (κ2) is 6.01. The summed E-state index contributed by atoms with van der Waals surface area (Å²) < 4.78 is 5.18. The Balaban J connectivity index is 2.17. The van der Waals surface area contributed by atoms with Crippen LogP contribution >= 0.6 is 0 Å². The van der Waals surface area contributed by atoms with Gasteiger partial charge < -0.3 is 10.1 Å². The molecular weight excluding hydrogens is 226 g/mol. The van der Waals surface area contributed by atoms with Crippen molar-refractivity contribution < 1.29 is 9.53 Å². The topological polar surface area (TPSA) is 38.3 Å². The van der Waals surface area contributed by atoms with Crippen LogP contribution in [0, 0.1) is 12.8 Å². The van der Waals surface area contributed by atoms with Gasteiger partial charge in [-0.3, -0.25) is 4.79 Å². The van der Waals surface area contributed by atoms with Crippen molar-refractivity contribution in [1.29, 1.82) is 0 Å². The Morgan fingerprint density at radius 3 is 2.78 bits per heavy atom. The molecule has 1 N–H and O–H groups in total. The highest BCUT2D eigenvalue weighted by atomic mass is 16.5. The smallest absolute Gasteiger partial charge is 0.310 e. The molecule has 98 valence electrons. The maximum Gasteiger partial charge on any atom is 0.310 e. The Labute approximate surface area is 109 Å². The van der Waals surface area contributed by atoms with Crippen LogP contribution < -0.4 is 5.32 Å². The van der Waals surface area contributed by atoms with E-state index in [1.807, 2.05) is 6.92 Å². The molecule has 1 aromatic carbocycles. The molecule has 0 radical (unpaired) electrons. The third-order valence-electron chi connectivity index (χ3n) is 3.48. The van der Waals surface area contributed by atoms with E-state index < -0.39 is 0 Å². The van der Waals surface area contributed by atoms with Crippen LogP contribution in [0.3, 0.4) is 0 Å². The lowest BCUT2D eigenvalue weighted by Gasteiger charge is -2.31. The summed E-state index contributed by atoms with van der Waals surface area (Å²) in [5.41, 5.74) is 2.42. The van der Waals surface area contributed by atoms with Gasteiger partial charge in [0.2, 0.25) is 0 Å². The molecule has 1 aliphatic rings. The van der Waals surface area contributed by atoms with E-state index in [9.17, 15) is 4.79 Å². The standard InChI is InChI=1S/C15H21NO2/c1-3-18-15(17)13-5-4-10-16-14(13)12-8-6-11(2)7-9-12/h6-9,13-14,16H,3-5,10H2,1-2H3/t13-,14-/m0/s1. The summed E-state index contributed by atoms with van der Waals surface area (Å²) in [6.07, 6.45) is 1.94. The highest BCUT2D eigenvalue weighted by Crippen LogP contribution is 2.30. The van der Waals surface area contributed by atoms with E-state index in [1.54, 1.807) is 0 Å². The van der Waals surface area contributed by atoms with Crippen LogP contribution in [0.15, 0.2) is 24.3 Å². The molecular formula is C15H21NO2. The fourth-order valence-electron chi connectivity index (χ4n) is 2.52. The quantitative estimate of drug-likeness (QED) is 0.834. The maximum absolute atomic E-state index is 12.0. The number of carbonyl (C=O) groups is 1. The molecule has 1 heterocycles. The Morgan fingerprint density at radius 1 is 1.39 bits per heavy atom. The molecule has 0 bridgehead atoms. The van der Waals surface area contributed by atoms with Crippen molar-refractivity contribution in [2.24, 2.45) is 5.92 Å². The van der Waals surface area contributed by atoms with Crippen molar-refractivity contribution in [1.82, 2.24) is 5.32 Å². The second-order valence-electron chi connectivity index (χ2n) is 4.84.